The number of ether oxygens (including phenoxy) is 1. The average Bonchev–Trinajstić information content (AvgIpc) is 2.76. The van der Waals surface area contributed by atoms with Gasteiger partial charge in [-0.25, -0.2) is 9.37 Å². The van der Waals surface area contributed by atoms with E-state index in [2.05, 4.69) is 22.1 Å². The molecule has 1 atom stereocenters. The van der Waals surface area contributed by atoms with Crippen LogP contribution in [0.25, 0.3) is 22.3 Å². The number of piperazine rings is 1. The number of nitrogens with zero attached hydrogens (tertiary/aromatic N) is 3. The third-order valence-electron chi connectivity index (χ3n) is 5.56. The SMILES string of the molecule is CC1CN(c2ccc3nc(-c4ccc(F)c(Cl)c4)n(CC(=O)OC(C)(C)C)c(=O)c3c2)CCN1. The zero-order valence-corrected chi connectivity index (χ0v) is 20.4. The molecule has 1 saturated heterocycles. The summed E-state index contributed by atoms with van der Waals surface area (Å²) in [4.78, 5) is 33.2. The normalized spacial score (nSPS) is 16.6. The molecule has 0 bridgehead atoms. The number of fused-ring (bicyclic) bond motifs is 1. The maximum absolute atomic E-state index is 13.8. The van der Waals surface area contributed by atoms with Crippen LogP contribution in [0.15, 0.2) is 41.2 Å². The molecule has 0 saturated carbocycles. The Morgan fingerprint density at radius 1 is 1.26 bits per heavy atom. The smallest absolute Gasteiger partial charge is 0.326 e. The van der Waals surface area contributed by atoms with Gasteiger partial charge in [-0.05, 0) is 64.1 Å². The highest BCUT2D eigenvalue weighted by molar-refractivity contribution is 6.31. The molecule has 0 radical (unpaired) electrons. The minimum Gasteiger partial charge on any atom is -0.459 e. The van der Waals surface area contributed by atoms with Crippen LogP contribution in [-0.2, 0) is 16.1 Å². The van der Waals surface area contributed by atoms with E-state index >= 15 is 0 Å². The fraction of sp³-hybridized carbons (Fsp3) is 0.400. The molecule has 1 aliphatic rings. The lowest BCUT2D eigenvalue weighted by molar-refractivity contribution is -0.155. The van der Waals surface area contributed by atoms with Gasteiger partial charge in [-0.2, -0.15) is 0 Å². The molecular formula is C25H28ClFN4O3. The molecule has 4 rings (SSSR count). The number of benzene rings is 2. The molecule has 3 aromatic rings. The molecule has 1 unspecified atom stereocenters. The first-order chi connectivity index (χ1) is 16.0. The Hall–Kier alpha value is -2.97. The summed E-state index contributed by atoms with van der Waals surface area (Å²) in [6.07, 6.45) is 0. The average molecular weight is 487 g/mol. The van der Waals surface area contributed by atoms with Crippen molar-refractivity contribution in [1.82, 2.24) is 14.9 Å². The van der Waals surface area contributed by atoms with Gasteiger partial charge in [-0.1, -0.05) is 11.6 Å². The maximum atomic E-state index is 13.8. The van der Waals surface area contributed by atoms with Gasteiger partial charge in [-0.15, -0.1) is 0 Å². The zero-order chi connectivity index (χ0) is 24.6. The van der Waals surface area contributed by atoms with Crippen molar-refractivity contribution >= 4 is 34.2 Å². The Labute approximate surface area is 202 Å². The molecule has 1 N–H and O–H groups in total. The van der Waals surface area contributed by atoms with Gasteiger partial charge in [0, 0.05) is 36.9 Å². The first kappa shape index (κ1) is 24.2. The number of hydrogen-bond acceptors (Lipinski definition) is 6. The van der Waals surface area contributed by atoms with Gasteiger partial charge in [0.15, 0.2) is 0 Å². The second-order valence-corrected chi connectivity index (χ2v) is 9.95. The lowest BCUT2D eigenvalue weighted by atomic mass is 10.1. The Morgan fingerprint density at radius 3 is 2.71 bits per heavy atom. The molecule has 0 amide bonds. The molecule has 0 aliphatic carbocycles. The van der Waals surface area contributed by atoms with Crippen LogP contribution in [0.5, 0.6) is 0 Å². The Kier molecular flexibility index (Phi) is 6.64. The van der Waals surface area contributed by atoms with E-state index in [9.17, 15) is 14.0 Å². The van der Waals surface area contributed by atoms with Crippen molar-refractivity contribution in [2.75, 3.05) is 24.5 Å². The fourth-order valence-electron chi connectivity index (χ4n) is 4.08. The Bertz CT molecular complexity index is 1300. The number of carbonyl (C=O) groups is 1. The number of halogens is 2. The predicted octanol–water partition coefficient (Wildman–Crippen LogP) is 4.00. The van der Waals surface area contributed by atoms with Gasteiger partial charge in [0.25, 0.3) is 5.56 Å². The lowest BCUT2D eigenvalue weighted by Crippen LogP contribution is -2.49. The third-order valence-corrected chi connectivity index (χ3v) is 5.85. The minimum atomic E-state index is -0.712. The second-order valence-electron chi connectivity index (χ2n) is 9.54. The Balaban J connectivity index is 1.85. The van der Waals surface area contributed by atoms with Crippen LogP contribution in [-0.4, -0.2) is 46.8 Å². The van der Waals surface area contributed by atoms with E-state index in [0.29, 0.717) is 22.5 Å². The standard InChI is InChI=1S/C25H28ClFN4O3/c1-15-13-30(10-9-28-15)17-6-8-21-18(12-17)24(33)31(14-22(32)34-25(2,3)4)23(29-21)16-5-7-20(27)19(26)11-16/h5-8,11-12,15,28H,9-10,13-14H2,1-4H3. The first-order valence-electron chi connectivity index (χ1n) is 11.2. The molecule has 34 heavy (non-hydrogen) atoms. The highest BCUT2D eigenvalue weighted by Crippen LogP contribution is 2.26. The monoisotopic (exact) mass is 486 g/mol. The van der Waals surface area contributed by atoms with Gasteiger partial charge < -0.3 is 15.0 Å². The van der Waals surface area contributed by atoms with Crippen LogP contribution in [0.2, 0.25) is 5.02 Å². The van der Waals surface area contributed by atoms with Crippen molar-refractivity contribution in [3.05, 3.63) is 57.6 Å². The van der Waals surface area contributed by atoms with Gasteiger partial charge >= 0.3 is 5.97 Å². The van der Waals surface area contributed by atoms with Crippen molar-refractivity contribution in [2.24, 2.45) is 0 Å². The highest BCUT2D eigenvalue weighted by Gasteiger charge is 2.22. The molecule has 1 fully saturated rings. The summed E-state index contributed by atoms with van der Waals surface area (Å²) in [5.74, 6) is -0.937. The molecule has 1 aromatic heterocycles. The van der Waals surface area contributed by atoms with E-state index in [-0.39, 0.29) is 23.0 Å². The molecule has 2 heterocycles. The van der Waals surface area contributed by atoms with Gasteiger partial charge in [0.2, 0.25) is 0 Å². The summed E-state index contributed by atoms with van der Waals surface area (Å²) < 4.78 is 20.5. The summed E-state index contributed by atoms with van der Waals surface area (Å²) in [6.45, 7) is 9.54. The van der Waals surface area contributed by atoms with Gasteiger partial charge in [0.1, 0.15) is 23.8 Å². The van der Waals surface area contributed by atoms with Gasteiger partial charge in [0.05, 0.1) is 15.9 Å². The lowest BCUT2D eigenvalue weighted by Gasteiger charge is -2.33. The molecule has 1 aliphatic heterocycles. The number of carbonyl (C=O) groups excluding carboxylic acids is 1. The van der Waals surface area contributed by atoms with E-state index in [1.165, 1.54) is 22.8 Å². The fourth-order valence-corrected chi connectivity index (χ4v) is 4.26. The van der Waals surface area contributed by atoms with E-state index in [4.69, 9.17) is 16.3 Å². The van der Waals surface area contributed by atoms with Crippen LogP contribution >= 0.6 is 11.6 Å². The maximum Gasteiger partial charge on any atom is 0.326 e. The number of anilines is 1. The van der Waals surface area contributed by atoms with E-state index in [0.717, 1.165) is 25.3 Å². The summed E-state index contributed by atoms with van der Waals surface area (Å²) in [7, 11) is 0. The topological polar surface area (TPSA) is 76.5 Å². The summed E-state index contributed by atoms with van der Waals surface area (Å²) in [5, 5.41) is 3.70. The molecule has 0 spiro atoms. The summed E-state index contributed by atoms with van der Waals surface area (Å²) in [5.41, 5.74) is 0.732. The van der Waals surface area contributed by atoms with E-state index in [1.54, 1.807) is 26.8 Å². The van der Waals surface area contributed by atoms with E-state index < -0.39 is 17.4 Å². The largest absolute Gasteiger partial charge is 0.459 e. The molecule has 7 nitrogen and oxygen atoms in total. The van der Waals surface area contributed by atoms with Gasteiger partial charge in [-0.3, -0.25) is 14.2 Å². The second kappa shape index (κ2) is 9.35. The Morgan fingerprint density at radius 2 is 2.03 bits per heavy atom. The van der Waals surface area contributed by atoms with Crippen molar-refractivity contribution in [2.45, 2.75) is 45.9 Å². The van der Waals surface area contributed by atoms with Crippen molar-refractivity contribution in [3.8, 4) is 11.4 Å². The van der Waals surface area contributed by atoms with E-state index in [1.807, 2.05) is 12.1 Å². The highest BCUT2D eigenvalue weighted by atomic mass is 35.5. The van der Waals surface area contributed by atoms with Crippen LogP contribution in [0.1, 0.15) is 27.7 Å². The predicted molar refractivity (Wildman–Crippen MR) is 132 cm³/mol. The number of aromatic nitrogens is 2. The quantitative estimate of drug-likeness (QED) is 0.562. The van der Waals surface area contributed by atoms with Crippen molar-refractivity contribution < 1.29 is 13.9 Å². The zero-order valence-electron chi connectivity index (χ0n) is 19.7. The number of esters is 1. The number of hydrogen-bond donors (Lipinski definition) is 1. The van der Waals surface area contributed by atoms with Crippen LogP contribution in [0.4, 0.5) is 10.1 Å². The van der Waals surface area contributed by atoms with Crippen molar-refractivity contribution in [1.29, 1.82) is 0 Å². The van der Waals surface area contributed by atoms with Crippen LogP contribution < -0.4 is 15.8 Å². The minimum absolute atomic E-state index is 0.0983. The number of rotatable bonds is 4. The molecular weight excluding hydrogens is 459 g/mol. The third kappa shape index (κ3) is 5.23. The number of nitrogens with one attached hydrogen (secondary N) is 1. The summed E-state index contributed by atoms with van der Waals surface area (Å²) >= 11 is 5.99. The first-order valence-corrected chi connectivity index (χ1v) is 11.6. The van der Waals surface area contributed by atoms with Crippen molar-refractivity contribution in [3.63, 3.8) is 0 Å². The van der Waals surface area contributed by atoms with Crippen LogP contribution in [0.3, 0.4) is 0 Å². The summed E-state index contributed by atoms with van der Waals surface area (Å²) in [6, 6.07) is 9.97. The van der Waals surface area contributed by atoms with Crippen LogP contribution in [0, 0.1) is 5.82 Å². The molecule has 180 valence electrons. The molecule has 2 aromatic carbocycles. The molecule has 9 heteroatoms.